The minimum absolute atomic E-state index is 0.0258. The zero-order valence-electron chi connectivity index (χ0n) is 22.4. The molecule has 0 aliphatic carbocycles. The van der Waals surface area contributed by atoms with Crippen molar-refractivity contribution in [2.24, 2.45) is 5.92 Å². The zero-order valence-corrected chi connectivity index (χ0v) is 23.3. The number of anilines is 1. The van der Waals surface area contributed by atoms with Crippen molar-refractivity contribution in [1.82, 2.24) is 14.9 Å². The van der Waals surface area contributed by atoms with E-state index in [0.29, 0.717) is 41.5 Å². The third-order valence-corrected chi connectivity index (χ3v) is 9.59. The van der Waals surface area contributed by atoms with Gasteiger partial charge < -0.3 is 15.5 Å². The van der Waals surface area contributed by atoms with Crippen LogP contribution in [0.15, 0.2) is 65.6 Å². The van der Waals surface area contributed by atoms with Gasteiger partial charge >= 0.3 is 0 Å². The van der Waals surface area contributed by atoms with E-state index in [0.717, 1.165) is 31.4 Å². The topological polar surface area (TPSA) is 108 Å². The van der Waals surface area contributed by atoms with Crippen LogP contribution in [-0.4, -0.2) is 56.9 Å². The van der Waals surface area contributed by atoms with Crippen molar-refractivity contribution in [3.63, 3.8) is 0 Å². The number of likely N-dealkylation sites (tertiary alicyclic amines) is 1. The molecule has 9 heteroatoms. The number of sulfonamides is 1. The zero-order chi connectivity index (χ0) is 27.6. The molecule has 8 nitrogen and oxygen atoms in total. The van der Waals surface area contributed by atoms with Crippen molar-refractivity contribution in [1.29, 1.82) is 0 Å². The summed E-state index contributed by atoms with van der Waals surface area (Å²) in [6.45, 7) is 5.86. The summed E-state index contributed by atoms with van der Waals surface area (Å²) in [5.41, 5.74) is 1.98. The molecule has 206 valence electrons. The fourth-order valence-corrected chi connectivity index (χ4v) is 7.36. The smallest absolute Gasteiger partial charge is 0.255 e. The summed E-state index contributed by atoms with van der Waals surface area (Å²) in [7, 11) is -3.87. The van der Waals surface area contributed by atoms with Gasteiger partial charge in [0.05, 0.1) is 10.9 Å². The molecule has 0 radical (unpaired) electrons. The van der Waals surface area contributed by atoms with Crippen LogP contribution in [0.1, 0.15) is 48.5 Å². The molecule has 2 amide bonds. The second-order valence-corrected chi connectivity index (χ2v) is 12.2. The molecule has 3 aromatic rings. The summed E-state index contributed by atoms with van der Waals surface area (Å²) < 4.78 is 30.4. The first-order chi connectivity index (χ1) is 18.8. The minimum atomic E-state index is -3.87. The minimum Gasteiger partial charge on any atom is -0.341 e. The number of piperidine rings is 1. The third kappa shape index (κ3) is 5.71. The van der Waals surface area contributed by atoms with Gasteiger partial charge in [0.2, 0.25) is 15.9 Å². The summed E-state index contributed by atoms with van der Waals surface area (Å²) in [6, 6.07) is 17.4. The van der Waals surface area contributed by atoms with E-state index in [-0.39, 0.29) is 34.7 Å². The molecule has 0 bridgehead atoms. The number of hydrogen-bond acceptors (Lipinski definition) is 5. The van der Waals surface area contributed by atoms with E-state index in [1.165, 1.54) is 0 Å². The first-order valence-corrected chi connectivity index (χ1v) is 15.2. The van der Waals surface area contributed by atoms with E-state index in [2.05, 4.69) is 15.4 Å². The summed E-state index contributed by atoms with van der Waals surface area (Å²) in [5.74, 6) is -0.0914. The molecular formula is C30H36N4O4S. The van der Waals surface area contributed by atoms with Crippen LogP contribution < -0.4 is 15.4 Å². The number of amides is 2. The SMILES string of the molecule is CC[C@H]1CN(C(=O)C2CCCN2)CC[C@@H]1NS(=O)(=O)c1ccc(NC(=O)c2ccccc2C)c2ccccc12. The molecule has 2 saturated heterocycles. The predicted molar refractivity (Wildman–Crippen MR) is 153 cm³/mol. The third-order valence-electron chi connectivity index (χ3n) is 8.05. The Morgan fingerprint density at radius 1 is 1.00 bits per heavy atom. The highest BCUT2D eigenvalue weighted by molar-refractivity contribution is 7.89. The van der Waals surface area contributed by atoms with Crippen molar-refractivity contribution in [2.45, 2.75) is 56.5 Å². The van der Waals surface area contributed by atoms with Crippen LogP contribution in [0.2, 0.25) is 0 Å². The Balaban J connectivity index is 1.36. The van der Waals surface area contributed by atoms with Gasteiger partial charge in [-0.15, -0.1) is 0 Å². The molecule has 2 aliphatic heterocycles. The van der Waals surface area contributed by atoms with Crippen LogP contribution >= 0.6 is 0 Å². The maximum atomic E-state index is 13.7. The van der Waals surface area contributed by atoms with Crippen LogP contribution in [0.4, 0.5) is 5.69 Å². The lowest BCUT2D eigenvalue weighted by atomic mass is 9.90. The Kier molecular flexibility index (Phi) is 8.02. The van der Waals surface area contributed by atoms with Gasteiger partial charge in [-0.25, -0.2) is 13.1 Å². The number of carbonyl (C=O) groups excluding carboxylic acids is 2. The molecule has 3 atom stereocenters. The largest absolute Gasteiger partial charge is 0.341 e. The number of carbonyl (C=O) groups is 2. The number of aryl methyl sites for hydroxylation is 1. The Morgan fingerprint density at radius 2 is 1.74 bits per heavy atom. The van der Waals surface area contributed by atoms with Gasteiger partial charge in [0.25, 0.3) is 5.91 Å². The monoisotopic (exact) mass is 548 g/mol. The highest BCUT2D eigenvalue weighted by Crippen LogP contribution is 2.31. The van der Waals surface area contributed by atoms with E-state index in [1.807, 2.05) is 49.1 Å². The molecule has 3 aromatic carbocycles. The van der Waals surface area contributed by atoms with E-state index < -0.39 is 10.0 Å². The summed E-state index contributed by atoms with van der Waals surface area (Å²) in [4.78, 5) is 28.0. The van der Waals surface area contributed by atoms with Crippen LogP contribution in [0.25, 0.3) is 10.8 Å². The fourth-order valence-electron chi connectivity index (χ4n) is 5.81. The molecule has 39 heavy (non-hydrogen) atoms. The van der Waals surface area contributed by atoms with E-state index in [9.17, 15) is 18.0 Å². The van der Waals surface area contributed by atoms with Crippen LogP contribution in [0.5, 0.6) is 0 Å². The predicted octanol–water partition coefficient (Wildman–Crippen LogP) is 4.06. The van der Waals surface area contributed by atoms with E-state index in [1.54, 1.807) is 30.3 Å². The van der Waals surface area contributed by atoms with E-state index >= 15 is 0 Å². The normalized spacial score (nSPS) is 21.7. The molecular weight excluding hydrogens is 512 g/mol. The Hall–Kier alpha value is -3.27. The maximum absolute atomic E-state index is 13.7. The lowest BCUT2D eigenvalue weighted by Crippen LogP contribution is -2.55. The highest BCUT2D eigenvalue weighted by atomic mass is 32.2. The number of nitrogens with zero attached hydrogens (tertiary/aromatic N) is 1. The molecule has 2 fully saturated rings. The first kappa shape index (κ1) is 27.3. The Labute approximate surface area is 230 Å². The average Bonchev–Trinajstić information content (AvgIpc) is 3.48. The second-order valence-electron chi connectivity index (χ2n) is 10.5. The number of hydrogen-bond donors (Lipinski definition) is 3. The second kappa shape index (κ2) is 11.5. The van der Waals surface area contributed by atoms with Crippen molar-refractivity contribution >= 4 is 38.3 Å². The van der Waals surface area contributed by atoms with Crippen LogP contribution in [0, 0.1) is 12.8 Å². The van der Waals surface area contributed by atoms with Crippen molar-refractivity contribution in [3.8, 4) is 0 Å². The highest BCUT2D eigenvalue weighted by Gasteiger charge is 2.36. The molecule has 0 saturated carbocycles. The molecule has 2 heterocycles. The van der Waals surface area contributed by atoms with E-state index in [4.69, 9.17) is 0 Å². The number of rotatable bonds is 7. The number of nitrogens with one attached hydrogen (secondary N) is 3. The molecule has 2 aliphatic rings. The van der Waals surface area contributed by atoms with Gasteiger partial charge in [-0.05, 0) is 62.4 Å². The van der Waals surface area contributed by atoms with Gasteiger partial charge in [-0.2, -0.15) is 0 Å². The Morgan fingerprint density at radius 3 is 2.46 bits per heavy atom. The van der Waals surface area contributed by atoms with Crippen LogP contribution in [0.3, 0.4) is 0 Å². The summed E-state index contributed by atoms with van der Waals surface area (Å²) >= 11 is 0. The molecule has 0 spiro atoms. The van der Waals surface area contributed by atoms with Crippen molar-refractivity contribution in [3.05, 3.63) is 71.8 Å². The van der Waals surface area contributed by atoms with Crippen molar-refractivity contribution in [2.75, 3.05) is 25.0 Å². The van der Waals surface area contributed by atoms with Crippen LogP contribution in [-0.2, 0) is 14.8 Å². The lowest BCUT2D eigenvalue weighted by molar-refractivity contribution is -0.135. The maximum Gasteiger partial charge on any atom is 0.255 e. The molecule has 5 rings (SSSR count). The van der Waals surface area contributed by atoms with Gasteiger partial charge in [0.15, 0.2) is 0 Å². The fraction of sp³-hybridized carbons (Fsp3) is 0.400. The average molecular weight is 549 g/mol. The Bertz CT molecular complexity index is 1480. The number of fused-ring (bicyclic) bond motifs is 1. The van der Waals surface area contributed by atoms with Gasteiger partial charge in [-0.3, -0.25) is 9.59 Å². The lowest BCUT2D eigenvalue weighted by Gasteiger charge is -2.39. The number of benzene rings is 3. The molecule has 3 N–H and O–H groups in total. The summed E-state index contributed by atoms with van der Waals surface area (Å²) in [6.07, 6.45) is 3.20. The van der Waals surface area contributed by atoms with Gasteiger partial charge in [-0.1, -0.05) is 55.8 Å². The first-order valence-electron chi connectivity index (χ1n) is 13.7. The van der Waals surface area contributed by atoms with Crippen molar-refractivity contribution < 1.29 is 18.0 Å². The molecule has 0 aromatic heterocycles. The summed E-state index contributed by atoms with van der Waals surface area (Å²) in [5, 5.41) is 7.43. The van der Waals surface area contributed by atoms with Gasteiger partial charge in [0, 0.05) is 41.2 Å². The quantitative estimate of drug-likeness (QED) is 0.413. The molecule has 1 unspecified atom stereocenters. The standard InChI is InChI=1S/C30H36N4O4S/c1-3-21-19-34(30(36)27-13-8-17-31-27)18-16-25(21)33-39(37,38)28-15-14-26(23-11-6-7-12-24(23)28)32-29(35)22-10-5-4-9-20(22)2/h4-7,9-12,14-15,21,25,27,31,33H,3,8,13,16-19H2,1-2H3,(H,32,35)/t21-,25-,27?/m0/s1. The van der Waals surface area contributed by atoms with Gasteiger partial charge in [0.1, 0.15) is 0 Å².